The maximum Gasteiger partial charge on any atom is 0.494 e. The molecule has 1 heterocycles. The summed E-state index contributed by atoms with van der Waals surface area (Å²) in [6.07, 6.45) is 2.71. The van der Waals surface area contributed by atoms with Crippen molar-refractivity contribution in [2.75, 3.05) is 0 Å². The third-order valence-corrected chi connectivity index (χ3v) is 5.54. The van der Waals surface area contributed by atoms with E-state index in [0.717, 1.165) is 10.7 Å². The first-order valence-electron chi connectivity index (χ1n) is 7.00. The quantitative estimate of drug-likeness (QED) is 0.790. The summed E-state index contributed by atoms with van der Waals surface area (Å²) >= 11 is 1.97. The minimum absolute atomic E-state index is 0.246. The lowest BCUT2D eigenvalue weighted by Crippen LogP contribution is -2.41. The monoisotopic (exact) mass is 276 g/mol. The van der Waals surface area contributed by atoms with Crippen molar-refractivity contribution >= 4 is 24.3 Å². The second-order valence-electron chi connectivity index (χ2n) is 6.48. The van der Waals surface area contributed by atoms with Gasteiger partial charge in [0, 0.05) is 10.1 Å². The molecular weight excluding hydrogens is 255 g/mol. The van der Waals surface area contributed by atoms with Crippen LogP contribution in [0, 0.1) is 0 Å². The fourth-order valence-corrected chi connectivity index (χ4v) is 3.21. The van der Waals surface area contributed by atoms with Crippen molar-refractivity contribution in [1.82, 2.24) is 0 Å². The summed E-state index contributed by atoms with van der Waals surface area (Å²) < 4.78 is 12.2. The molecule has 0 unspecified atom stereocenters. The van der Waals surface area contributed by atoms with E-state index in [2.05, 4.69) is 52.0 Å². The van der Waals surface area contributed by atoms with E-state index in [1.807, 2.05) is 11.8 Å². The Morgan fingerprint density at radius 2 is 1.74 bits per heavy atom. The van der Waals surface area contributed by atoms with Gasteiger partial charge in [0.05, 0.1) is 11.2 Å². The van der Waals surface area contributed by atoms with Crippen molar-refractivity contribution in [3.8, 4) is 0 Å². The number of benzene rings is 1. The van der Waals surface area contributed by atoms with E-state index >= 15 is 0 Å². The zero-order valence-corrected chi connectivity index (χ0v) is 12.9. The molecule has 0 bridgehead atoms. The van der Waals surface area contributed by atoms with Crippen LogP contribution in [0.15, 0.2) is 29.2 Å². The molecule has 102 valence electrons. The Labute approximate surface area is 120 Å². The summed E-state index contributed by atoms with van der Waals surface area (Å²) in [4.78, 5) is 1.33. The average Bonchev–Trinajstić information content (AvgIpc) is 3.07. The Morgan fingerprint density at radius 1 is 1.11 bits per heavy atom. The third-order valence-electron chi connectivity index (χ3n) is 4.21. The van der Waals surface area contributed by atoms with Gasteiger partial charge in [-0.25, -0.2) is 0 Å². The fraction of sp³-hybridized carbons (Fsp3) is 0.600. The third kappa shape index (κ3) is 2.71. The van der Waals surface area contributed by atoms with E-state index in [1.165, 1.54) is 17.7 Å². The SMILES string of the molecule is CC1(C)OB(c2cccc(SC3CC3)c2)OC1(C)C. The molecule has 1 aromatic rings. The summed E-state index contributed by atoms with van der Waals surface area (Å²) in [5.74, 6) is 0. The van der Waals surface area contributed by atoms with Crippen molar-refractivity contribution in [3.63, 3.8) is 0 Å². The minimum Gasteiger partial charge on any atom is -0.399 e. The molecule has 19 heavy (non-hydrogen) atoms. The van der Waals surface area contributed by atoms with Crippen LogP contribution < -0.4 is 5.46 Å². The van der Waals surface area contributed by atoms with E-state index < -0.39 is 0 Å². The topological polar surface area (TPSA) is 18.5 Å². The van der Waals surface area contributed by atoms with Crippen LogP contribution in [0.2, 0.25) is 0 Å². The lowest BCUT2D eigenvalue weighted by Gasteiger charge is -2.32. The van der Waals surface area contributed by atoms with Gasteiger partial charge >= 0.3 is 7.12 Å². The van der Waals surface area contributed by atoms with Gasteiger partial charge < -0.3 is 9.31 Å². The van der Waals surface area contributed by atoms with Gasteiger partial charge in [0.1, 0.15) is 0 Å². The predicted molar refractivity (Wildman–Crippen MR) is 81.0 cm³/mol. The van der Waals surface area contributed by atoms with E-state index in [4.69, 9.17) is 9.31 Å². The Morgan fingerprint density at radius 3 is 2.32 bits per heavy atom. The summed E-state index contributed by atoms with van der Waals surface area (Å²) in [7, 11) is -0.246. The van der Waals surface area contributed by atoms with Gasteiger partial charge in [-0.2, -0.15) is 0 Å². The van der Waals surface area contributed by atoms with Crippen LogP contribution in [0.4, 0.5) is 0 Å². The van der Waals surface area contributed by atoms with Crippen LogP contribution in [0.25, 0.3) is 0 Å². The van der Waals surface area contributed by atoms with Crippen LogP contribution in [-0.4, -0.2) is 23.6 Å². The smallest absolute Gasteiger partial charge is 0.399 e. The van der Waals surface area contributed by atoms with Gasteiger partial charge in [0.2, 0.25) is 0 Å². The maximum atomic E-state index is 6.09. The molecule has 2 fully saturated rings. The summed E-state index contributed by atoms with van der Waals surface area (Å²) in [6, 6.07) is 8.59. The molecule has 2 aliphatic rings. The van der Waals surface area contributed by atoms with E-state index in [-0.39, 0.29) is 18.3 Å². The first-order chi connectivity index (χ1) is 8.87. The zero-order valence-electron chi connectivity index (χ0n) is 12.1. The molecule has 0 N–H and O–H groups in total. The largest absolute Gasteiger partial charge is 0.494 e. The average molecular weight is 276 g/mol. The van der Waals surface area contributed by atoms with Gasteiger partial charge in [0.25, 0.3) is 0 Å². The second-order valence-corrected chi connectivity index (χ2v) is 7.85. The van der Waals surface area contributed by atoms with Crippen LogP contribution in [0.1, 0.15) is 40.5 Å². The van der Waals surface area contributed by atoms with Gasteiger partial charge in [0.15, 0.2) is 0 Å². The van der Waals surface area contributed by atoms with Crippen LogP contribution in [-0.2, 0) is 9.31 Å². The predicted octanol–water partition coefficient (Wildman–Crippen LogP) is 3.24. The number of rotatable bonds is 3. The van der Waals surface area contributed by atoms with Gasteiger partial charge in [-0.1, -0.05) is 12.1 Å². The van der Waals surface area contributed by atoms with E-state index in [9.17, 15) is 0 Å². The normalized spacial score (nSPS) is 24.7. The molecule has 3 rings (SSSR count). The summed E-state index contributed by atoms with van der Waals surface area (Å²) in [6.45, 7) is 8.37. The first kappa shape index (κ1) is 13.5. The van der Waals surface area contributed by atoms with Gasteiger partial charge in [-0.15, -0.1) is 11.8 Å². The Kier molecular flexibility index (Phi) is 3.23. The molecule has 0 atom stereocenters. The molecule has 1 aromatic carbocycles. The fourth-order valence-electron chi connectivity index (χ4n) is 2.09. The Bertz CT molecular complexity index is 467. The second kappa shape index (κ2) is 4.54. The van der Waals surface area contributed by atoms with Crippen molar-refractivity contribution < 1.29 is 9.31 Å². The Balaban J connectivity index is 1.79. The molecule has 1 aliphatic carbocycles. The molecule has 0 spiro atoms. The number of hydrogen-bond acceptors (Lipinski definition) is 3. The summed E-state index contributed by atoms with van der Waals surface area (Å²) in [5.41, 5.74) is 0.596. The van der Waals surface area contributed by atoms with Gasteiger partial charge in [-0.05, 0) is 58.1 Å². The Hall–Kier alpha value is -0.445. The van der Waals surface area contributed by atoms with Crippen LogP contribution >= 0.6 is 11.8 Å². The van der Waals surface area contributed by atoms with E-state index in [0.29, 0.717) is 0 Å². The maximum absolute atomic E-state index is 6.09. The lowest BCUT2D eigenvalue weighted by molar-refractivity contribution is 0.00578. The highest BCUT2D eigenvalue weighted by Crippen LogP contribution is 2.39. The standard InChI is InChI=1S/C15H21BO2S/c1-14(2)15(3,4)18-16(17-14)11-6-5-7-13(10-11)19-12-8-9-12/h5-7,10,12H,8-9H2,1-4H3. The molecule has 0 amide bonds. The highest BCUT2D eigenvalue weighted by Gasteiger charge is 2.51. The summed E-state index contributed by atoms with van der Waals surface area (Å²) in [5, 5.41) is 0.827. The molecule has 0 aromatic heterocycles. The van der Waals surface area contributed by atoms with Crippen molar-refractivity contribution in [1.29, 1.82) is 0 Å². The molecule has 0 radical (unpaired) electrons. The van der Waals surface area contributed by atoms with Crippen molar-refractivity contribution in [2.45, 2.75) is 61.9 Å². The molecule has 2 nitrogen and oxygen atoms in total. The van der Waals surface area contributed by atoms with Crippen molar-refractivity contribution in [3.05, 3.63) is 24.3 Å². The minimum atomic E-state index is -0.267. The molecule has 1 saturated carbocycles. The highest BCUT2D eigenvalue weighted by atomic mass is 32.2. The molecular formula is C15H21BO2S. The lowest BCUT2D eigenvalue weighted by atomic mass is 9.79. The zero-order chi connectivity index (χ0) is 13.7. The molecule has 1 aliphatic heterocycles. The van der Waals surface area contributed by atoms with Crippen LogP contribution in [0.5, 0.6) is 0 Å². The molecule has 1 saturated heterocycles. The van der Waals surface area contributed by atoms with Crippen LogP contribution in [0.3, 0.4) is 0 Å². The molecule has 4 heteroatoms. The first-order valence-corrected chi connectivity index (χ1v) is 7.88. The van der Waals surface area contributed by atoms with Crippen molar-refractivity contribution in [2.24, 2.45) is 0 Å². The van der Waals surface area contributed by atoms with Gasteiger partial charge in [-0.3, -0.25) is 0 Å². The number of thioether (sulfide) groups is 1. The highest BCUT2D eigenvalue weighted by molar-refractivity contribution is 8.00. The van der Waals surface area contributed by atoms with E-state index in [1.54, 1.807) is 0 Å². The number of hydrogen-bond donors (Lipinski definition) is 0.